The zero-order chi connectivity index (χ0) is 14.4. The van der Waals surface area contributed by atoms with Gasteiger partial charge in [-0.25, -0.2) is 0 Å². The molecule has 20 heavy (non-hydrogen) atoms. The van der Waals surface area contributed by atoms with Gasteiger partial charge in [-0.3, -0.25) is 3.51 Å². The highest BCUT2D eigenvalue weighted by atomic mass is 79.9. The van der Waals surface area contributed by atoms with Gasteiger partial charge in [0, 0.05) is 0 Å². The number of nitrogens with zero attached hydrogens (tertiary/aromatic N) is 1. The van der Waals surface area contributed by atoms with Crippen molar-refractivity contribution >= 4 is 16.1 Å². The van der Waals surface area contributed by atoms with Crippen LogP contribution >= 0.6 is 16.1 Å². The first-order valence-electron chi connectivity index (χ1n) is 8.59. The number of unbranched alkanes of at least 4 members (excludes halogenated alkanes) is 12. The van der Waals surface area contributed by atoms with Crippen LogP contribution < -0.4 is 12.4 Å². The van der Waals surface area contributed by atoms with Gasteiger partial charge in [-0.15, -0.1) is 0 Å². The normalized spacial score (nSPS) is 11.4. The molecular weight excluding hydrogens is 334 g/mol. The molecule has 0 aliphatic rings. The molecule has 0 saturated carbocycles. The fourth-order valence-electron chi connectivity index (χ4n) is 2.51. The minimum absolute atomic E-state index is 0. The molecule has 0 bridgehead atoms. The van der Waals surface area contributed by atoms with Crippen LogP contribution in [0.25, 0.3) is 0 Å². The van der Waals surface area contributed by atoms with Crippen molar-refractivity contribution < 1.29 is 15.9 Å². The third-order valence-corrected chi connectivity index (χ3v) is 4.15. The summed E-state index contributed by atoms with van der Waals surface area (Å²) in [5.74, 6) is 0. The summed E-state index contributed by atoms with van der Waals surface area (Å²) in [4.78, 5) is 0. The predicted molar refractivity (Wildman–Crippen MR) is 91.6 cm³/mol. The molecule has 0 amide bonds. The summed E-state index contributed by atoms with van der Waals surface area (Å²) in [5, 5.41) is 0. The Hall–Kier alpha value is 0.730. The lowest BCUT2D eigenvalue weighted by atomic mass is 10.0. The van der Waals surface area contributed by atoms with Crippen LogP contribution in [0, 0.1) is 0 Å². The standard InChI is InChI=1S/C17H37BrN.ClH/c1-4-5-6-7-8-9-10-11-12-13-14-15-16-17-19(2,3)18;/h4-17H2,1-3H3;1H/q+1;/p-1. The van der Waals surface area contributed by atoms with Gasteiger partial charge in [0.15, 0.2) is 0 Å². The van der Waals surface area contributed by atoms with Gasteiger partial charge in [-0.05, 0) is 12.8 Å². The van der Waals surface area contributed by atoms with Gasteiger partial charge in [0.2, 0.25) is 16.1 Å². The van der Waals surface area contributed by atoms with E-state index in [1.54, 1.807) is 0 Å². The number of halogens is 2. The second-order valence-electron chi connectivity index (χ2n) is 6.50. The highest BCUT2D eigenvalue weighted by Gasteiger charge is 2.08. The zero-order valence-electron chi connectivity index (χ0n) is 14.1. The molecule has 0 atom stereocenters. The Labute approximate surface area is 143 Å². The lowest BCUT2D eigenvalue weighted by molar-refractivity contribution is -0.734. The number of rotatable bonds is 14. The van der Waals surface area contributed by atoms with Crippen LogP contribution in [0.5, 0.6) is 0 Å². The zero-order valence-corrected chi connectivity index (χ0v) is 16.4. The Balaban J connectivity index is 0. The Morgan fingerprint density at radius 1 is 0.600 bits per heavy atom. The van der Waals surface area contributed by atoms with Crippen molar-refractivity contribution in [2.24, 2.45) is 0 Å². The Morgan fingerprint density at radius 2 is 0.900 bits per heavy atom. The monoisotopic (exact) mass is 369 g/mol. The summed E-state index contributed by atoms with van der Waals surface area (Å²) in [5.41, 5.74) is 0. The van der Waals surface area contributed by atoms with Crippen LogP contribution in [-0.4, -0.2) is 24.1 Å². The fourth-order valence-corrected chi connectivity index (χ4v) is 2.76. The average molecular weight is 371 g/mol. The molecule has 0 aromatic rings. The van der Waals surface area contributed by atoms with E-state index in [9.17, 15) is 0 Å². The SMILES string of the molecule is CCCCCCCCCCCCCCC[N+](C)(C)Br.[Cl-]. The minimum atomic E-state index is 0. The Morgan fingerprint density at radius 3 is 1.20 bits per heavy atom. The van der Waals surface area contributed by atoms with E-state index in [1.807, 2.05) is 0 Å². The van der Waals surface area contributed by atoms with E-state index in [0.717, 1.165) is 3.51 Å². The van der Waals surface area contributed by atoms with Gasteiger partial charge in [0.05, 0.1) is 20.6 Å². The number of hydrogen-bond acceptors (Lipinski definition) is 0. The lowest BCUT2D eigenvalue weighted by Gasteiger charge is -2.18. The predicted octanol–water partition coefficient (Wildman–Crippen LogP) is 3.47. The molecule has 124 valence electrons. The van der Waals surface area contributed by atoms with Crippen LogP contribution in [-0.2, 0) is 0 Å². The van der Waals surface area contributed by atoms with E-state index in [2.05, 4.69) is 37.2 Å². The third-order valence-electron chi connectivity index (χ3n) is 3.79. The molecular formula is C17H37BrClN. The van der Waals surface area contributed by atoms with E-state index >= 15 is 0 Å². The van der Waals surface area contributed by atoms with Crippen LogP contribution in [0.1, 0.15) is 90.4 Å². The van der Waals surface area contributed by atoms with Crippen molar-refractivity contribution in [1.82, 2.24) is 0 Å². The topological polar surface area (TPSA) is 0 Å². The summed E-state index contributed by atoms with van der Waals surface area (Å²) in [6, 6.07) is 0. The third kappa shape index (κ3) is 21.0. The fraction of sp³-hybridized carbons (Fsp3) is 1.00. The Kier molecular flexibility index (Phi) is 18.5. The second kappa shape index (κ2) is 16.1. The van der Waals surface area contributed by atoms with Crippen LogP contribution in [0.4, 0.5) is 0 Å². The maximum atomic E-state index is 3.65. The first-order chi connectivity index (χ1) is 9.06. The molecule has 1 nitrogen and oxygen atoms in total. The van der Waals surface area contributed by atoms with Crippen LogP contribution in [0.2, 0.25) is 0 Å². The van der Waals surface area contributed by atoms with E-state index in [-0.39, 0.29) is 12.4 Å². The molecule has 0 aromatic heterocycles. The van der Waals surface area contributed by atoms with E-state index in [4.69, 9.17) is 0 Å². The van der Waals surface area contributed by atoms with Crippen molar-refractivity contribution in [2.75, 3.05) is 20.6 Å². The van der Waals surface area contributed by atoms with Crippen LogP contribution in [0.15, 0.2) is 0 Å². The number of quaternary nitrogens is 1. The average Bonchev–Trinajstić information content (AvgIpc) is 2.34. The molecule has 0 spiro atoms. The first kappa shape index (κ1) is 23.0. The highest BCUT2D eigenvalue weighted by molar-refractivity contribution is 9.05. The van der Waals surface area contributed by atoms with Crippen molar-refractivity contribution in [2.45, 2.75) is 90.4 Å². The van der Waals surface area contributed by atoms with Crippen molar-refractivity contribution in [3.05, 3.63) is 0 Å². The van der Waals surface area contributed by atoms with E-state index in [0.29, 0.717) is 0 Å². The summed E-state index contributed by atoms with van der Waals surface area (Å²) in [6.45, 7) is 3.54. The summed E-state index contributed by atoms with van der Waals surface area (Å²) >= 11 is 3.65. The molecule has 0 radical (unpaired) electrons. The van der Waals surface area contributed by atoms with Gasteiger partial charge >= 0.3 is 0 Å². The Bertz CT molecular complexity index is 180. The highest BCUT2D eigenvalue weighted by Crippen LogP contribution is 2.14. The van der Waals surface area contributed by atoms with Gasteiger partial charge in [-0.1, -0.05) is 77.6 Å². The molecule has 0 fully saturated rings. The largest absolute Gasteiger partial charge is 1.00 e. The van der Waals surface area contributed by atoms with Gasteiger partial charge in [0.1, 0.15) is 0 Å². The van der Waals surface area contributed by atoms with Gasteiger partial charge < -0.3 is 12.4 Å². The van der Waals surface area contributed by atoms with Crippen LogP contribution in [0.3, 0.4) is 0 Å². The first-order valence-corrected chi connectivity index (χ1v) is 9.30. The molecule has 0 aliphatic heterocycles. The molecule has 0 aromatic carbocycles. The molecule has 0 unspecified atom stereocenters. The molecule has 0 rings (SSSR count). The summed E-state index contributed by atoms with van der Waals surface area (Å²) < 4.78 is 0.936. The quantitative estimate of drug-likeness (QED) is 0.324. The van der Waals surface area contributed by atoms with E-state index in [1.165, 1.54) is 90.0 Å². The van der Waals surface area contributed by atoms with Crippen molar-refractivity contribution in [1.29, 1.82) is 0 Å². The van der Waals surface area contributed by atoms with E-state index < -0.39 is 0 Å². The molecule has 0 saturated heterocycles. The summed E-state index contributed by atoms with van der Waals surface area (Å²) in [7, 11) is 4.42. The maximum absolute atomic E-state index is 3.65. The molecule has 0 heterocycles. The molecule has 0 aliphatic carbocycles. The smallest absolute Gasteiger partial charge is 0.226 e. The molecule has 0 N–H and O–H groups in total. The molecule has 3 heteroatoms. The van der Waals surface area contributed by atoms with Crippen molar-refractivity contribution in [3.63, 3.8) is 0 Å². The second-order valence-corrected chi connectivity index (χ2v) is 8.42. The lowest BCUT2D eigenvalue weighted by Crippen LogP contribution is -3.00. The summed E-state index contributed by atoms with van der Waals surface area (Å²) in [6.07, 6.45) is 18.7. The van der Waals surface area contributed by atoms with Crippen molar-refractivity contribution in [3.8, 4) is 0 Å². The number of hydrogen-bond donors (Lipinski definition) is 0. The maximum Gasteiger partial charge on any atom is 0.226 e. The van der Waals surface area contributed by atoms with Gasteiger partial charge in [0.25, 0.3) is 0 Å². The van der Waals surface area contributed by atoms with Gasteiger partial charge in [-0.2, -0.15) is 0 Å². The minimum Gasteiger partial charge on any atom is -1.00 e.